The van der Waals surface area contributed by atoms with Gasteiger partial charge in [-0.2, -0.15) is 0 Å². The summed E-state index contributed by atoms with van der Waals surface area (Å²) in [5, 5.41) is 0. The van der Waals surface area contributed by atoms with E-state index >= 15 is 0 Å². The Bertz CT molecular complexity index is 278. The van der Waals surface area contributed by atoms with Crippen LogP contribution in [0.2, 0.25) is 36.3 Å². The van der Waals surface area contributed by atoms with Crippen LogP contribution in [0.3, 0.4) is 0 Å². The van der Waals surface area contributed by atoms with Gasteiger partial charge in [-0.1, -0.05) is 41.5 Å². The van der Waals surface area contributed by atoms with Crippen molar-refractivity contribution < 1.29 is 4.74 Å². The maximum Gasteiger partial charge on any atom is 0.171 e. The number of rotatable bonds is 9. The molecule has 3 nitrogen and oxygen atoms in total. The van der Waals surface area contributed by atoms with Crippen molar-refractivity contribution in [1.82, 2.24) is 4.23 Å². The number of hydrogen-bond acceptors (Lipinski definition) is 3. The zero-order valence-corrected chi connectivity index (χ0v) is 16.4. The van der Waals surface area contributed by atoms with Crippen LogP contribution < -0.4 is 0 Å². The van der Waals surface area contributed by atoms with Gasteiger partial charge in [0.15, 0.2) is 6.40 Å². The van der Waals surface area contributed by atoms with E-state index in [1.165, 1.54) is 36.3 Å². The van der Waals surface area contributed by atoms with Crippen molar-refractivity contribution in [2.75, 3.05) is 6.61 Å². The van der Waals surface area contributed by atoms with Gasteiger partial charge in [-0.3, -0.25) is 0 Å². The maximum atomic E-state index is 5.51. The zero-order valence-electron chi connectivity index (χ0n) is 14.4. The molecular weight excluding hydrogens is 280 g/mol. The van der Waals surface area contributed by atoms with E-state index in [2.05, 4.69) is 45.8 Å². The van der Waals surface area contributed by atoms with Crippen molar-refractivity contribution in [1.29, 1.82) is 0 Å². The summed E-state index contributed by atoms with van der Waals surface area (Å²) in [6.45, 7) is 15.2. The molecule has 5 heteroatoms. The minimum absolute atomic E-state index is 0.313. The van der Waals surface area contributed by atoms with E-state index in [0.717, 1.165) is 6.61 Å². The van der Waals surface area contributed by atoms with Crippen molar-refractivity contribution in [3.05, 3.63) is 0 Å². The first-order valence-corrected chi connectivity index (χ1v) is 13.7. The summed E-state index contributed by atoms with van der Waals surface area (Å²) in [6.07, 6.45) is 2.01. The SMILES string of the molecule is CC[Si](CC)(CC)N(C1COC=N1)[Si](CC)(CC)CC. The summed E-state index contributed by atoms with van der Waals surface area (Å²) in [7, 11) is -2.82. The summed E-state index contributed by atoms with van der Waals surface area (Å²) in [5.41, 5.74) is 0. The molecule has 0 aliphatic carbocycles. The second kappa shape index (κ2) is 7.75. The Morgan fingerprint density at radius 3 is 1.55 bits per heavy atom. The smallest absolute Gasteiger partial charge is 0.171 e. The summed E-state index contributed by atoms with van der Waals surface area (Å²) in [5.74, 6) is 0. The van der Waals surface area contributed by atoms with E-state index < -0.39 is 16.5 Å². The second-order valence-electron chi connectivity index (χ2n) is 6.01. The highest BCUT2D eigenvalue weighted by Crippen LogP contribution is 2.38. The Kier molecular flexibility index (Phi) is 6.94. The van der Waals surface area contributed by atoms with Gasteiger partial charge in [-0.25, -0.2) is 4.99 Å². The molecule has 0 spiro atoms. The van der Waals surface area contributed by atoms with Gasteiger partial charge in [0.1, 0.15) is 29.2 Å². The Balaban J connectivity index is 3.29. The van der Waals surface area contributed by atoms with Crippen molar-refractivity contribution in [3.8, 4) is 0 Å². The number of nitrogens with zero attached hydrogens (tertiary/aromatic N) is 2. The summed E-state index contributed by atoms with van der Waals surface area (Å²) < 4.78 is 8.51. The molecule has 1 heterocycles. The second-order valence-corrected chi connectivity index (χ2v) is 16.6. The lowest BCUT2D eigenvalue weighted by atomic mass is 10.6. The van der Waals surface area contributed by atoms with Crippen LogP contribution in [0.1, 0.15) is 41.5 Å². The van der Waals surface area contributed by atoms with Gasteiger partial charge in [0, 0.05) is 0 Å². The summed E-state index contributed by atoms with van der Waals surface area (Å²) >= 11 is 0. The average molecular weight is 315 g/mol. The molecule has 118 valence electrons. The lowest BCUT2D eigenvalue weighted by Crippen LogP contribution is -2.69. The van der Waals surface area contributed by atoms with Gasteiger partial charge in [-0.15, -0.1) is 0 Å². The molecule has 0 saturated carbocycles. The molecule has 0 fully saturated rings. The van der Waals surface area contributed by atoms with Crippen LogP contribution in [0.25, 0.3) is 0 Å². The van der Waals surface area contributed by atoms with Crippen molar-refractivity contribution in [2.24, 2.45) is 4.99 Å². The normalized spacial score (nSPS) is 19.6. The Hall–Kier alpha value is -0.136. The first-order chi connectivity index (χ1) is 9.59. The highest BCUT2D eigenvalue weighted by molar-refractivity contribution is 6.92. The molecule has 1 rings (SSSR count). The minimum Gasteiger partial charge on any atom is -0.480 e. The van der Waals surface area contributed by atoms with Crippen LogP contribution in [0.15, 0.2) is 4.99 Å². The van der Waals surface area contributed by atoms with E-state index in [4.69, 9.17) is 9.73 Å². The van der Waals surface area contributed by atoms with E-state index in [1.807, 2.05) is 0 Å². The Morgan fingerprint density at radius 1 is 0.900 bits per heavy atom. The molecule has 0 amide bonds. The molecule has 0 N–H and O–H groups in total. The third kappa shape index (κ3) is 3.04. The molecule has 0 aromatic heterocycles. The molecule has 0 radical (unpaired) electrons. The van der Waals surface area contributed by atoms with Crippen molar-refractivity contribution >= 4 is 22.9 Å². The highest BCUT2D eigenvalue weighted by Gasteiger charge is 2.49. The third-order valence-corrected chi connectivity index (χ3v) is 19.2. The topological polar surface area (TPSA) is 24.8 Å². The Labute approximate surface area is 128 Å². The fourth-order valence-corrected chi connectivity index (χ4v) is 17.5. The lowest BCUT2D eigenvalue weighted by molar-refractivity contribution is 0.279. The maximum absolute atomic E-state index is 5.51. The summed E-state index contributed by atoms with van der Waals surface area (Å²) in [4.78, 5) is 4.70. The van der Waals surface area contributed by atoms with Crippen LogP contribution >= 0.6 is 0 Å². The molecule has 0 aromatic carbocycles. The van der Waals surface area contributed by atoms with Crippen LogP contribution in [-0.4, -0.2) is 39.9 Å². The lowest BCUT2D eigenvalue weighted by Gasteiger charge is -2.53. The summed E-state index contributed by atoms with van der Waals surface area (Å²) in [6, 6.07) is 8.09. The minimum atomic E-state index is -1.41. The average Bonchev–Trinajstić information content (AvgIpc) is 3.02. The van der Waals surface area contributed by atoms with Gasteiger partial charge in [0.05, 0.1) is 0 Å². The van der Waals surface area contributed by atoms with Crippen LogP contribution in [-0.2, 0) is 4.74 Å². The molecule has 0 aromatic rings. The van der Waals surface area contributed by atoms with E-state index in [0.29, 0.717) is 6.17 Å². The monoisotopic (exact) mass is 314 g/mol. The van der Waals surface area contributed by atoms with E-state index in [-0.39, 0.29) is 0 Å². The van der Waals surface area contributed by atoms with Gasteiger partial charge in [0.25, 0.3) is 0 Å². The first-order valence-electron chi connectivity index (χ1n) is 8.52. The third-order valence-electron chi connectivity index (χ3n) is 5.82. The largest absolute Gasteiger partial charge is 0.480 e. The standard InChI is InChI=1S/C15H34N2OSi2/c1-7-19(8-2,9-3)17(15-13-18-14-16-15)20(10-4,11-5)12-6/h14-15H,7-13H2,1-6H3. The molecule has 1 aliphatic heterocycles. The van der Waals surface area contributed by atoms with Crippen LogP contribution in [0, 0.1) is 0 Å². The molecular formula is C15H34N2OSi2. The predicted molar refractivity (Wildman–Crippen MR) is 94.5 cm³/mol. The van der Waals surface area contributed by atoms with Gasteiger partial charge < -0.3 is 8.97 Å². The predicted octanol–water partition coefficient (Wildman–Crippen LogP) is 4.68. The fraction of sp³-hybridized carbons (Fsp3) is 0.933. The molecule has 0 saturated heterocycles. The number of aliphatic imine (C=N–C) groups is 1. The van der Waals surface area contributed by atoms with Crippen LogP contribution in [0.4, 0.5) is 0 Å². The molecule has 0 bridgehead atoms. The van der Waals surface area contributed by atoms with Crippen LogP contribution in [0.5, 0.6) is 0 Å². The molecule has 20 heavy (non-hydrogen) atoms. The highest BCUT2D eigenvalue weighted by atomic mass is 28.4. The quantitative estimate of drug-likeness (QED) is 0.577. The number of hydrogen-bond donors (Lipinski definition) is 0. The van der Waals surface area contributed by atoms with Gasteiger partial charge in [0.2, 0.25) is 0 Å². The van der Waals surface area contributed by atoms with Crippen molar-refractivity contribution in [2.45, 2.75) is 84.0 Å². The van der Waals surface area contributed by atoms with Gasteiger partial charge >= 0.3 is 0 Å². The molecule has 1 atom stereocenters. The Morgan fingerprint density at radius 2 is 1.30 bits per heavy atom. The molecule has 1 aliphatic rings. The zero-order chi connectivity index (χ0) is 15.2. The van der Waals surface area contributed by atoms with E-state index in [9.17, 15) is 0 Å². The fourth-order valence-electron chi connectivity index (χ4n) is 4.08. The van der Waals surface area contributed by atoms with Crippen molar-refractivity contribution in [3.63, 3.8) is 0 Å². The number of ether oxygens (including phenoxy) is 1. The first kappa shape index (κ1) is 17.9. The van der Waals surface area contributed by atoms with E-state index in [1.54, 1.807) is 6.40 Å². The molecule has 1 unspecified atom stereocenters. The van der Waals surface area contributed by atoms with Gasteiger partial charge in [-0.05, 0) is 36.3 Å².